The van der Waals surface area contributed by atoms with Gasteiger partial charge in [0, 0.05) is 45.4 Å². The van der Waals surface area contributed by atoms with Crippen molar-refractivity contribution in [3.8, 4) is 5.69 Å². The summed E-state index contributed by atoms with van der Waals surface area (Å²) in [5.74, 6) is -0.147. The Kier molecular flexibility index (Phi) is 11.2. The van der Waals surface area contributed by atoms with E-state index in [-0.39, 0.29) is 17.1 Å². The third kappa shape index (κ3) is 8.78. The van der Waals surface area contributed by atoms with E-state index < -0.39 is 22.2 Å². The summed E-state index contributed by atoms with van der Waals surface area (Å²) in [5, 5.41) is 7.53. The fourth-order valence-corrected chi connectivity index (χ4v) is 5.92. The molecule has 0 aliphatic carbocycles. The lowest BCUT2D eigenvalue weighted by molar-refractivity contribution is 0.537. The van der Waals surface area contributed by atoms with Crippen molar-refractivity contribution in [2.24, 2.45) is 21.7 Å². The van der Waals surface area contributed by atoms with Crippen molar-refractivity contribution < 1.29 is 0 Å². The standard InChI is InChI=1S/C25H30Cl9N5/c1-21(2,3)18-16(10-9-14(23(26,27)28)17(18)25(32,33)34)39-13(8-7-11-37-38-20(35)36)12-15(24(29,30)31)19(39)22(4,5)6/h9-12H,7-8H2,1-6H3,(H4,35,36,38)/b37-11+. The van der Waals surface area contributed by atoms with Crippen molar-refractivity contribution in [1.82, 2.24) is 4.57 Å². The summed E-state index contributed by atoms with van der Waals surface area (Å²) in [7, 11) is 0. The molecular formula is C25H30Cl9N5. The van der Waals surface area contributed by atoms with E-state index in [1.54, 1.807) is 12.3 Å². The van der Waals surface area contributed by atoms with Gasteiger partial charge in [-0.25, -0.2) is 0 Å². The second-order valence-electron chi connectivity index (χ2n) is 11.0. The van der Waals surface area contributed by atoms with E-state index in [4.69, 9.17) is 116 Å². The van der Waals surface area contributed by atoms with Crippen LogP contribution in [0.5, 0.6) is 0 Å². The van der Waals surface area contributed by atoms with Crippen LogP contribution in [0.1, 0.15) is 81.6 Å². The van der Waals surface area contributed by atoms with Crippen molar-refractivity contribution in [1.29, 1.82) is 0 Å². The lowest BCUT2D eigenvalue weighted by Crippen LogP contribution is -2.28. The van der Waals surface area contributed by atoms with Crippen molar-refractivity contribution >= 4 is 117 Å². The highest BCUT2D eigenvalue weighted by molar-refractivity contribution is 6.69. The van der Waals surface area contributed by atoms with Gasteiger partial charge in [0.1, 0.15) is 0 Å². The second kappa shape index (κ2) is 12.3. The number of halogens is 9. The Labute approximate surface area is 275 Å². The molecule has 2 rings (SSSR count). The summed E-state index contributed by atoms with van der Waals surface area (Å²) in [6, 6.07) is 5.32. The zero-order valence-corrected chi connectivity index (χ0v) is 28.9. The predicted molar refractivity (Wildman–Crippen MR) is 174 cm³/mol. The smallest absolute Gasteiger partial charge is 0.217 e. The molecule has 5 nitrogen and oxygen atoms in total. The van der Waals surface area contributed by atoms with Crippen LogP contribution in [-0.2, 0) is 28.6 Å². The predicted octanol–water partition coefficient (Wildman–Crippen LogP) is 9.74. The zero-order chi connectivity index (χ0) is 30.4. The highest BCUT2D eigenvalue weighted by Gasteiger charge is 2.42. The molecule has 218 valence electrons. The second-order valence-corrected chi connectivity index (χ2v) is 17.8. The van der Waals surface area contributed by atoms with Gasteiger partial charge in [-0.1, -0.05) is 152 Å². The van der Waals surface area contributed by atoms with E-state index in [0.717, 1.165) is 11.4 Å². The molecule has 4 N–H and O–H groups in total. The minimum absolute atomic E-state index is 0.147. The fourth-order valence-electron chi connectivity index (χ4n) is 4.42. The molecule has 1 aromatic carbocycles. The number of benzene rings is 1. The molecule has 0 saturated carbocycles. The molecule has 0 saturated heterocycles. The van der Waals surface area contributed by atoms with E-state index in [9.17, 15) is 0 Å². The van der Waals surface area contributed by atoms with Gasteiger partial charge in [0.05, 0.1) is 0 Å². The Balaban J connectivity index is 3.12. The van der Waals surface area contributed by atoms with Gasteiger partial charge in [-0.3, -0.25) is 0 Å². The summed E-state index contributed by atoms with van der Waals surface area (Å²) < 4.78 is -3.51. The average Bonchev–Trinajstić information content (AvgIpc) is 3.10. The first-order chi connectivity index (χ1) is 17.4. The fraction of sp³-hybridized carbons (Fsp3) is 0.520. The molecule has 14 heteroatoms. The Hall–Kier alpha value is 0.0500. The van der Waals surface area contributed by atoms with Crippen molar-refractivity contribution in [2.75, 3.05) is 0 Å². The topological polar surface area (TPSA) is 81.7 Å². The molecule has 0 aliphatic rings. The van der Waals surface area contributed by atoms with Gasteiger partial charge in [0.2, 0.25) is 17.3 Å². The molecule has 0 atom stereocenters. The molecule has 0 unspecified atom stereocenters. The van der Waals surface area contributed by atoms with E-state index in [1.807, 2.05) is 58.2 Å². The van der Waals surface area contributed by atoms with Gasteiger partial charge in [-0.15, -0.1) is 5.10 Å². The Morgan fingerprint density at radius 3 is 1.72 bits per heavy atom. The lowest BCUT2D eigenvalue weighted by atomic mass is 9.80. The minimum atomic E-state index is -1.93. The third-order valence-corrected chi connectivity index (χ3v) is 7.43. The highest BCUT2D eigenvalue weighted by atomic mass is 35.6. The van der Waals surface area contributed by atoms with Crippen LogP contribution in [0.25, 0.3) is 5.69 Å². The van der Waals surface area contributed by atoms with Crippen LogP contribution in [-0.4, -0.2) is 16.7 Å². The quantitative estimate of drug-likeness (QED) is 0.140. The number of hydrogen-bond acceptors (Lipinski definition) is 2. The molecule has 0 radical (unpaired) electrons. The number of nitrogens with zero attached hydrogens (tertiary/aromatic N) is 3. The lowest BCUT2D eigenvalue weighted by Gasteiger charge is -2.35. The average molecular weight is 720 g/mol. The number of alkyl halides is 9. The molecule has 1 heterocycles. The molecule has 0 bridgehead atoms. The number of rotatable bonds is 5. The summed E-state index contributed by atoms with van der Waals surface area (Å²) >= 11 is 58.3. The largest absolute Gasteiger partial charge is 0.369 e. The maximum absolute atomic E-state index is 6.56. The number of hydrogen-bond donors (Lipinski definition) is 2. The zero-order valence-electron chi connectivity index (χ0n) is 22.1. The van der Waals surface area contributed by atoms with Gasteiger partial charge in [0.15, 0.2) is 0 Å². The SMILES string of the molecule is CC(C)(C)c1c(-n2c(CC/C=N/N=C(N)N)cc(C(Cl)(Cl)Cl)c2C(C)(C)C)ccc(C(Cl)(Cl)Cl)c1C(Cl)(Cl)Cl. The molecule has 1 aromatic heterocycles. The number of guanidine groups is 1. The highest BCUT2D eigenvalue weighted by Crippen LogP contribution is 2.54. The van der Waals surface area contributed by atoms with Crippen molar-refractivity contribution in [3.63, 3.8) is 0 Å². The normalized spacial score (nSPS) is 13.8. The first-order valence-electron chi connectivity index (χ1n) is 11.6. The Morgan fingerprint density at radius 2 is 1.31 bits per heavy atom. The van der Waals surface area contributed by atoms with Gasteiger partial charge in [-0.2, -0.15) is 5.10 Å². The van der Waals surface area contributed by atoms with Crippen LogP contribution in [0.4, 0.5) is 0 Å². The first-order valence-corrected chi connectivity index (χ1v) is 15.0. The number of nitrogens with two attached hydrogens (primary N) is 2. The van der Waals surface area contributed by atoms with Gasteiger partial charge >= 0.3 is 0 Å². The Morgan fingerprint density at radius 1 is 0.769 bits per heavy atom. The summed E-state index contributed by atoms with van der Waals surface area (Å²) in [4.78, 5) is 0. The van der Waals surface area contributed by atoms with Gasteiger partial charge in [-0.05, 0) is 36.0 Å². The summed E-state index contributed by atoms with van der Waals surface area (Å²) in [5.41, 5.74) is 13.6. The Bertz CT molecular complexity index is 1250. The molecule has 0 spiro atoms. The number of aryl methyl sites for hydroxylation is 1. The number of aromatic nitrogens is 1. The van der Waals surface area contributed by atoms with Crippen molar-refractivity contribution in [3.05, 3.63) is 51.8 Å². The molecule has 39 heavy (non-hydrogen) atoms. The maximum atomic E-state index is 6.56. The first kappa shape index (κ1) is 35.2. The van der Waals surface area contributed by atoms with Crippen LogP contribution in [0.15, 0.2) is 28.4 Å². The minimum Gasteiger partial charge on any atom is -0.369 e. The van der Waals surface area contributed by atoms with E-state index >= 15 is 0 Å². The van der Waals surface area contributed by atoms with Gasteiger partial charge in [0.25, 0.3) is 0 Å². The molecule has 2 aromatic rings. The van der Waals surface area contributed by atoms with E-state index in [0.29, 0.717) is 29.7 Å². The van der Waals surface area contributed by atoms with Gasteiger partial charge < -0.3 is 16.0 Å². The van der Waals surface area contributed by atoms with Crippen LogP contribution in [0.3, 0.4) is 0 Å². The van der Waals surface area contributed by atoms with Crippen LogP contribution >= 0.6 is 104 Å². The molecule has 0 amide bonds. The van der Waals surface area contributed by atoms with Crippen LogP contribution < -0.4 is 11.5 Å². The summed E-state index contributed by atoms with van der Waals surface area (Å²) in [6.07, 6.45) is 2.54. The summed E-state index contributed by atoms with van der Waals surface area (Å²) in [6.45, 7) is 12.0. The molecule has 0 aliphatic heterocycles. The monoisotopic (exact) mass is 715 g/mol. The third-order valence-electron chi connectivity index (χ3n) is 5.64. The van der Waals surface area contributed by atoms with Crippen LogP contribution in [0.2, 0.25) is 0 Å². The van der Waals surface area contributed by atoms with E-state index in [1.165, 1.54) is 0 Å². The molecular weight excluding hydrogens is 689 g/mol. The van der Waals surface area contributed by atoms with E-state index in [2.05, 4.69) is 10.2 Å². The van der Waals surface area contributed by atoms with Crippen molar-refractivity contribution in [2.45, 2.75) is 76.6 Å². The maximum Gasteiger partial charge on any atom is 0.217 e. The molecule has 0 fully saturated rings. The van der Waals surface area contributed by atoms with Crippen LogP contribution in [0, 0.1) is 0 Å².